The van der Waals surface area contributed by atoms with Crippen LogP contribution in [-0.2, 0) is 42.9 Å². The Morgan fingerprint density at radius 3 is 2.08 bits per heavy atom. The number of amides is 1. The van der Waals surface area contributed by atoms with E-state index in [1.165, 1.54) is 33.1 Å². The van der Waals surface area contributed by atoms with Crippen molar-refractivity contribution in [3.63, 3.8) is 0 Å². The van der Waals surface area contributed by atoms with E-state index in [1.54, 1.807) is 86.6 Å². The highest BCUT2D eigenvalue weighted by Crippen LogP contribution is 2.64. The summed E-state index contributed by atoms with van der Waals surface area (Å²) in [6.07, 6.45) is -10.7. The summed E-state index contributed by atoms with van der Waals surface area (Å²) in [4.78, 5) is 84.0. The number of carbonyl (C=O) groups is 6. The number of carbonyl (C=O) groups excluding carboxylic acids is 6. The summed E-state index contributed by atoms with van der Waals surface area (Å²) in [5.74, 6) is -6.94. The van der Waals surface area contributed by atoms with Gasteiger partial charge < -0.3 is 49.1 Å². The van der Waals surface area contributed by atoms with Gasteiger partial charge in [0, 0.05) is 37.7 Å². The molecule has 0 aromatic heterocycles. The van der Waals surface area contributed by atoms with Crippen molar-refractivity contribution in [3.8, 4) is 5.75 Å². The molecule has 340 valence electrons. The van der Waals surface area contributed by atoms with Crippen molar-refractivity contribution in [3.05, 3.63) is 113 Å². The number of aliphatic hydroxyl groups is 3. The second-order valence-corrected chi connectivity index (χ2v) is 17.7. The molecule has 3 aliphatic carbocycles. The number of esters is 4. The first-order chi connectivity index (χ1) is 30.2. The highest BCUT2D eigenvalue weighted by Gasteiger charge is 2.78. The second kappa shape index (κ2) is 17.2. The zero-order chi connectivity index (χ0) is 46.5. The van der Waals surface area contributed by atoms with E-state index >= 15 is 4.79 Å². The maximum atomic E-state index is 15.6. The van der Waals surface area contributed by atoms with Crippen LogP contribution in [0.1, 0.15) is 86.7 Å². The van der Waals surface area contributed by atoms with Crippen LogP contribution in [0.3, 0.4) is 0 Å². The van der Waals surface area contributed by atoms with Gasteiger partial charge in [0.15, 0.2) is 23.6 Å². The minimum atomic E-state index is -2.44. The predicted molar refractivity (Wildman–Crippen MR) is 224 cm³/mol. The second-order valence-electron chi connectivity index (χ2n) is 17.7. The maximum Gasteiger partial charge on any atom is 0.342 e. The zero-order valence-electron chi connectivity index (χ0n) is 36.6. The van der Waals surface area contributed by atoms with Crippen LogP contribution >= 0.6 is 0 Å². The normalized spacial score (nSPS) is 31.2. The molecule has 4 aliphatic rings. The molecule has 11 atom stereocenters. The number of fused-ring (bicyclic) bond motifs is 5. The Hall–Kier alpha value is -5.94. The van der Waals surface area contributed by atoms with Gasteiger partial charge in [-0.3, -0.25) is 19.2 Å². The van der Waals surface area contributed by atoms with Crippen LogP contribution in [0.2, 0.25) is 0 Å². The highest BCUT2D eigenvalue weighted by molar-refractivity contribution is 5.96. The van der Waals surface area contributed by atoms with Gasteiger partial charge in [0.25, 0.3) is 5.91 Å². The van der Waals surface area contributed by atoms with Crippen LogP contribution in [0.15, 0.2) is 96.1 Å². The fourth-order valence-corrected chi connectivity index (χ4v) is 10.4. The number of nitrogens with one attached hydrogen (secondary N) is 1. The molecule has 7 rings (SSSR count). The average molecular weight is 884 g/mol. The monoisotopic (exact) mass is 883 g/mol. The molecule has 0 unspecified atom stereocenters. The quantitative estimate of drug-likeness (QED) is 0.122. The van der Waals surface area contributed by atoms with E-state index in [0.29, 0.717) is 5.56 Å². The number of hydrogen-bond acceptors (Lipinski definition) is 15. The molecule has 1 heterocycles. The standard InChI is InChI=1S/C48H53NO15/c1-25-32(62-44(57)37(53)36(28-16-10-8-11-17-28)49-42(55)29-18-12-9-13-19-29)23-48(58)41(63-43(56)30-20-14-15-21-31(30)59-7)39-46(6,33(52)22-34-47(39,24-60-34)64-27(3)51)40(54)38(61-26(2)50)35(25)45(48,4)5/h8-21,32-34,36-39,41,52-53,58H,22-24H2,1-7H3,(H,49,55)/t32-,33-,34+,36-,37+,38+,39-,41-,46+,47-,48+/m0/s1. The molecule has 1 amide bonds. The molecule has 0 radical (unpaired) electrons. The minimum Gasteiger partial charge on any atom is -0.496 e. The van der Waals surface area contributed by atoms with Crippen molar-refractivity contribution in [2.75, 3.05) is 13.7 Å². The van der Waals surface area contributed by atoms with Gasteiger partial charge in [0.2, 0.25) is 0 Å². The number of aliphatic hydroxyl groups excluding tert-OH is 2. The van der Waals surface area contributed by atoms with Gasteiger partial charge in [-0.1, -0.05) is 74.5 Å². The molecule has 2 saturated carbocycles. The van der Waals surface area contributed by atoms with Crippen molar-refractivity contribution in [1.29, 1.82) is 0 Å². The summed E-state index contributed by atoms with van der Waals surface area (Å²) in [6.45, 7) is 7.89. The van der Waals surface area contributed by atoms with Crippen LogP contribution in [0.25, 0.3) is 0 Å². The Bertz CT molecular complexity index is 2370. The Morgan fingerprint density at radius 2 is 1.48 bits per heavy atom. The summed E-state index contributed by atoms with van der Waals surface area (Å²) in [6, 6.07) is 21.2. The fourth-order valence-electron chi connectivity index (χ4n) is 10.4. The number of rotatable bonds is 11. The van der Waals surface area contributed by atoms with Crippen molar-refractivity contribution in [2.24, 2.45) is 16.7 Å². The molecular weight excluding hydrogens is 831 g/mol. The van der Waals surface area contributed by atoms with E-state index in [4.69, 9.17) is 28.4 Å². The Labute approximate surface area is 369 Å². The number of para-hydroxylation sites is 1. The Balaban J connectivity index is 1.40. The van der Waals surface area contributed by atoms with Gasteiger partial charge in [-0.15, -0.1) is 0 Å². The third-order valence-electron chi connectivity index (χ3n) is 13.8. The molecule has 64 heavy (non-hydrogen) atoms. The van der Waals surface area contributed by atoms with Gasteiger partial charge >= 0.3 is 23.9 Å². The van der Waals surface area contributed by atoms with Crippen LogP contribution in [0.4, 0.5) is 0 Å². The lowest BCUT2D eigenvalue weighted by Gasteiger charge is -2.67. The number of ether oxygens (including phenoxy) is 6. The highest BCUT2D eigenvalue weighted by atomic mass is 16.6. The molecule has 3 aromatic rings. The van der Waals surface area contributed by atoms with E-state index in [9.17, 15) is 39.3 Å². The van der Waals surface area contributed by atoms with Gasteiger partial charge in [0.1, 0.15) is 35.2 Å². The summed E-state index contributed by atoms with van der Waals surface area (Å²) in [5, 5.41) is 40.4. The first kappa shape index (κ1) is 46.1. The lowest BCUT2D eigenvalue weighted by Crippen LogP contribution is -2.82. The summed E-state index contributed by atoms with van der Waals surface area (Å²) < 4.78 is 35.9. The average Bonchev–Trinajstić information content (AvgIpc) is 3.26. The van der Waals surface area contributed by atoms with Gasteiger partial charge in [0.05, 0.1) is 37.2 Å². The molecule has 3 aromatic carbocycles. The van der Waals surface area contributed by atoms with E-state index in [0.717, 1.165) is 13.8 Å². The first-order valence-corrected chi connectivity index (χ1v) is 21.0. The van der Waals surface area contributed by atoms with Crippen LogP contribution in [-0.4, -0.2) is 112 Å². The molecule has 3 fully saturated rings. The number of methoxy groups -OCH3 is 1. The van der Waals surface area contributed by atoms with E-state index in [-0.39, 0.29) is 41.1 Å². The van der Waals surface area contributed by atoms with Crippen LogP contribution in [0, 0.1) is 16.7 Å². The molecule has 4 N–H and O–H groups in total. The third kappa shape index (κ3) is 7.55. The molecule has 1 saturated heterocycles. The van der Waals surface area contributed by atoms with Gasteiger partial charge in [-0.05, 0) is 54.8 Å². The summed E-state index contributed by atoms with van der Waals surface area (Å²) >= 11 is 0. The molecule has 0 spiro atoms. The fraction of sp³-hybridized carbons (Fsp3) is 0.458. The SMILES string of the molecule is COc1ccccc1C(=O)O[C@H]1[C@@H]2[C@]3(OC(C)=O)CO[C@@H]3C[C@H](O)[C@@]2(C)C(=O)[C@H](OC(C)=O)C2=C(C)[C@@H](OC(=O)[C@H](O)[C@@H](NC(=O)c3ccccc3)c3ccccc3)C[C@]1(O)C2(C)C. The molecule has 2 bridgehead atoms. The van der Waals surface area contributed by atoms with E-state index in [2.05, 4.69) is 5.32 Å². The molecule has 1 aliphatic heterocycles. The smallest absolute Gasteiger partial charge is 0.342 e. The number of hydrogen-bond donors (Lipinski definition) is 4. The van der Waals surface area contributed by atoms with E-state index in [1.807, 2.05) is 0 Å². The number of benzene rings is 3. The van der Waals surface area contributed by atoms with Crippen molar-refractivity contribution in [1.82, 2.24) is 5.32 Å². The minimum absolute atomic E-state index is 0.0236. The Kier molecular flexibility index (Phi) is 12.4. The van der Waals surface area contributed by atoms with E-state index < -0.39 is 113 Å². The number of Topliss-reactive ketones (excluding diaryl/α,β-unsaturated/α-hetero) is 1. The largest absolute Gasteiger partial charge is 0.496 e. The zero-order valence-corrected chi connectivity index (χ0v) is 36.6. The van der Waals surface area contributed by atoms with Crippen molar-refractivity contribution in [2.45, 2.75) is 108 Å². The topological polar surface area (TPSA) is 231 Å². The molecule has 16 nitrogen and oxygen atoms in total. The third-order valence-corrected chi connectivity index (χ3v) is 13.8. The lowest BCUT2D eigenvalue weighted by atomic mass is 9.44. The predicted octanol–water partition coefficient (Wildman–Crippen LogP) is 3.74. The van der Waals surface area contributed by atoms with Gasteiger partial charge in [-0.2, -0.15) is 0 Å². The maximum absolute atomic E-state index is 15.6. The van der Waals surface area contributed by atoms with Crippen molar-refractivity contribution < 1.29 is 72.5 Å². The Morgan fingerprint density at radius 1 is 0.859 bits per heavy atom. The van der Waals surface area contributed by atoms with Crippen molar-refractivity contribution >= 4 is 35.6 Å². The first-order valence-electron chi connectivity index (χ1n) is 21.0. The van der Waals surface area contributed by atoms with Crippen LogP contribution < -0.4 is 10.1 Å². The summed E-state index contributed by atoms with van der Waals surface area (Å²) in [5.41, 5.74) is -7.37. The molecular formula is C48H53NO15. The molecule has 16 heteroatoms. The van der Waals surface area contributed by atoms with Crippen LogP contribution in [0.5, 0.6) is 5.75 Å². The summed E-state index contributed by atoms with van der Waals surface area (Å²) in [7, 11) is 1.34. The number of ketones is 1. The van der Waals surface area contributed by atoms with Gasteiger partial charge in [-0.25, -0.2) is 9.59 Å². The lowest BCUT2D eigenvalue weighted by molar-refractivity contribution is -0.346.